The Balaban J connectivity index is 1.51. The highest BCUT2D eigenvalue weighted by atomic mass is 16.7. The van der Waals surface area contributed by atoms with Crippen LogP contribution in [0.3, 0.4) is 0 Å². The Morgan fingerprint density at radius 1 is 1.23 bits per heavy atom. The van der Waals surface area contributed by atoms with E-state index in [0.717, 1.165) is 13.1 Å². The number of nitrogens with zero attached hydrogens (tertiary/aromatic N) is 2. The summed E-state index contributed by atoms with van der Waals surface area (Å²) in [6.45, 7) is 8.65. The van der Waals surface area contributed by atoms with E-state index in [0.29, 0.717) is 19.0 Å². The van der Waals surface area contributed by atoms with E-state index in [4.69, 9.17) is 9.57 Å². The maximum absolute atomic E-state index is 12.1. The van der Waals surface area contributed by atoms with Gasteiger partial charge < -0.3 is 9.64 Å². The summed E-state index contributed by atoms with van der Waals surface area (Å²) in [6, 6.07) is 10.3. The minimum Gasteiger partial charge on any atom is -0.444 e. The molecular formula is C17H24N2O3. The number of fused-ring (bicyclic) bond motifs is 1. The highest BCUT2D eigenvalue weighted by Crippen LogP contribution is 2.30. The van der Waals surface area contributed by atoms with Gasteiger partial charge in [0.05, 0.1) is 6.54 Å². The molecule has 2 aliphatic heterocycles. The molecule has 0 radical (unpaired) electrons. The number of hydrogen-bond acceptors (Lipinski definition) is 4. The second-order valence-electron chi connectivity index (χ2n) is 7.10. The molecule has 2 heterocycles. The van der Waals surface area contributed by atoms with Gasteiger partial charge in [-0.05, 0) is 26.3 Å². The van der Waals surface area contributed by atoms with Crippen LogP contribution in [-0.4, -0.2) is 47.4 Å². The van der Waals surface area contributed by atoms with Crippen molar-refractivity contribution < 1.29 is 14.4 Å². The molecular weight excluding hydrogens is 280 g/mol. The number of hydroxylamine groups is 2. The van der Waals surface area contributed by atoms with Gasteiger partial charge >= 0.3 is 6.09 Å². The predicted molar refractivity (Wildman–Crippen MR) is 83.0 cm³/mol. The van der Waals surface area contributed by atoms with Crippen molar-refractivity contribution in [3.8, 4) is 0 Å². The topological polar surface area (TPSA) is 42.0 Å². The van der Waals surface area contributed by atoms with Gasteiger partial charge in [0.15, 0.2) is 0 Å². The highest BCUT2D eigenvalue weighted by Gasteiger charge is 2.44. The normalized spacial score (nSPS) is 25.3. The lowest BCUT2D eigenvalue weighted by atomic mass is 10.1. The summed E-state index contributed by atoms with van der Waals surface area (Å²) in [6.07, 6.45) is -0.142. The number of amides is 1. The quantitative estimate of drug-likeness (QED) is 0.842. The molecule has 1 aromatic rings. The molecule has 1 unspecified atom stereocenters. The Bertz CT molecular complexity index is 512. The van der Waals surface area contributed by atoms with Gasteiger partial charge in [0.1, 0.15) is 11.7 Å². The van der Waals surface area contributed by atoms with Crippen LogP contribution in [0, 0.1) is 5.92 Å². The van der Waals surface area contributed by atoms with Crippen LogP contribution in [0.2, 0.25) is 0 Å². The van der Waals surface area contributed by atoms with Gasteiger partial charge in [0, 0.05) is 25.6 Å². The molecule has 2 fully saturated rings. The molecule has 0 bridgehead atoms. The van der Waals surface area contributed by atoms with Crippen molar-refractivity contribution in [2.75, 3.05) is 19.6 Å². The molecule has 0 aliphatic carbocycles. The monoisotopic (exact) mass is 304 g/mol. The van der Waals surface area contributed by atoms with Crippen LogP contribution in [0.4, 0.5) is 4.79 Å². The maximum atomic E-state index is 12.1. The van der Waals surface area contributed by atoms with E-state index in [9.17, 15) is 4.79 Å². The van der Waals surface area contributed by atoms with Gasteiger partial charge in [0.2, 0.25) is 0 Å². The average molecular weight is 304 g/mol. The largest absolute Gasteiger partial charge is 0.444 e. The summed E-state index contributed by atoms with van der Waals surface area (Å²) < 4.78 is 5.43. The number of carbonyl (C=O) groups is 1. The van der Waals surface area contributed by atoms with Crippen molar-refractivity contribution in [3.63, 3.8) is 0 Å². The van der Waals surface area contributed by atoms with Gasteiger partial charge in [-0.25, -0.2) is 4.79 Å². The summed E-state index contributed by atoms with van der Waals surface area (Å²) in [7, 11) is 0. The Morgan fingerprint density at radius 3 is 2.59 bits per heavy atom. The Labute approximate surface area is 131 Å². The smallest absolute Gasteiger partial charge is 0.410 e. The van der Waals surface area contributed by atoms with E-state index in [-0.39, 0.29) is 12.2 Å². The van der Waals surface area contributed by atoms with Crippen LogP contribution >= 0.6 is 0 Å². The lowest BCUT2D eigenvalue weighted by Gasteiger charge is -2.25. The first-order valence-electron chi connectivity index (χ1n) is 7.84. The lowest BCUT2D eigenvalue weighted by Crippen LogP contribution is -2.37. The first-order valence-corrected chi connectivity index (χ1v) is 7.84. The van der Waals surface area contributed by atoms with Crippen LogP contribution in [0.5, 0.6) is 0 Å². The minimum absolute atomic E-state index is 0.0937. The van der Waals surface area contributed by atoms with Crippen molar-refractivity contribution in [2.45, 2.75) is 39.0 Å². The van der Waals surface area contributed by atoms with Crippen molar-refractivity contribution in [3.05, 3.63) is 35.9 Å². The molecule has 3 rings (SSSR count). The second kappa shape index (κ2) is 5.89. The molecule has 5 heteroatoms. The first kappa shape index (κ1) is 15.3. The summed E-state index contributed by atoms with van der Waals surface area (Å²) in [5.41, 5.74) is 0.793. The van der Waals surface area contributed by atoms with Gasteiger partial charge in [0.25, 0.3) is 0 Å². The molecule has 1 aromatic carbocycles. The third-order valence-electron chi connectivity index (χ3n) is 3.96. The first-order chi connectivity index (χ1) is 10.4. The lowest BCUT2D eigenvalue weighted by molar-refractivity contribution is -0.153. The minimum atomic E-state index is -0.449. The van der Waals surface area contributed by atoms with Crippen LogP contribution in [0.25, 0.3) is 0 Å². The van der Waals surface area contributed by atoms with Crippen molar-refractivity contribution in [2.24, 2.45) is 5.92 Å². The van der Waals surface area contributed by atoms with E-state index in [1.807, 2.05) is 44.0 Å². The van der Waals surface area contributed by atoms with Crippen molar-refractivity contribution in [1.82, 2.24) is 9.96 Å². The molecule has 2 aliphatic rings. The fourth-order valence-electron chi connectivity index (χ4n) is 3.00. The van der Waals surface area contributed by atoms with Gasteiger partial charge in [-0.3, -0.25) is 4.84 Å². The van der Waals surface area contributed by atoms with Crippen LogP contribution in [-0.2, 0) is 16.1 Å². The number of rotatable bonds is 2. The number of hydrogen-bond donors (Lipinski definition) is 0. The number of carbonyl (C=O) groups excluding carboxylic acids is 1. The molecule has 1 amide bonds. The molecule has 0 spiro atoms. The third-order valence-corrected chi connectivity index (χ3v) is 3.96. The Kier molecular flexibility index (Phi) is 4.10. The SMILES string of the molecule is CC(C)(C)OC(=O)N1CC2CN(Cc3ccccc3)O[C@@H]2C1. The van der Waals surface area contributed by atoms with Crippen LogP contribution in [0.1, 0.15) is 26.3 Å². The molecule has 5 nitrogen and oxygen atoms in total. The van der Waals surface area contributed by atoms with Crippen LogP contribution < -0.4 is 0 Å². The molecule has 0 N–H and O–H groups in total. The fraction of sp³-hybridized carbons (Fsp3) is 0.588. The summed E-state index contributed by atoms with van der Waals surface area (Å²) in [5.74, 6) is 0.372. The van der Waals surface area contributed by atoms with Gasteiger partial charge in [-0.15, -0.1) is 0 Å². The maximum Gasteiger partial charge on any atom is 0.410 e. The summed E-state index contributed by atoms with van der Waals surface area (Å²) >= 11 is 0. The van der Waals surface area contributed by atoms with E-state index in [2.05, 4.69) is 12.1 Å². The van der Waals surface area contributed by atoms with Gasteiger partial charge in [-0.2, -0.15) is 5.06 Å². The molecule has 0 saturated carbocycles. The Hall–Kier alpha value is -1.59. The number of benzene rings is 1. The standard InChI is InChI=1S/C17H24N2O3/c1-17(2,3)21-16(20)18-10-14-11-19(22-15(14)12-18)9-13-7-5-4-6-8-13/h4-8,14-15H,9-12H2,1-3H3/t14?,15-/m1/s1. The van der Waals surface area contributed by atoms with Crippen LogP contribution in [0.15, 0.2) is 30.3 Å². The average Bonchev–Trinajstić information content (AvgIpc) is 2.96. The van der Waals surface area contributed by atoms with E-state index < -0.39 is 5.60 Å². The van der Waals surface area contributed by atoms with E-state index >= 15 is 0 Å². The molecule has 2 saturated heterocycles. The number of ether oxygens (including phenoxy) is 1. The van der Waals surface area contributed by atoms with E-state index in [1.165, 1.54) is 5.56 Å². The predicted octanol–water partition coefficient (Wildman–Crippen LogP) is 2.67. The van der Waals surface area contributed by atoms with Crippen molar-refractivity contribution in [1.29, 1.82) is 0 Å². The molecule has 120 valence electrons. The zero-order chi connectivity index (χ0) is 15.7. The van der Waals surface area contributed by atoms with Crippen molar-refractivity contribution >= 4 is 6.09 Å². The highest BCUT2D eigenvalue weighted by molar-refractivity contribution is 5.68. The van der Waals surface area contributed by atoms with E-state index in [1.54, 1.807) is 4.90 Å². The zero-order valence-corrected chi connectivity index (χ0v) is 13.5. The fourth-order valence-corrected chi connectivity index (χ4v) is 3.00. The molecule has 22 heavy (non-hydrogen) atoms. The third kappa shape index (κ3) is 3.59. The zero-order valence-electron chi connectivity index (χ0n) is 13.5. The van der Waals surface area contributed by atoms with Gasteiger partial charge in [-0.1, -0.05) is 30.3 Å². The summed E-state index contributed by atoms with van der Waals surface area (Å²) in [4.78, 5) is 19.8. The Morgan fingerprint density at radius 2 is 1.95 bits per heavy atom. The second-order valence-corrected chi connectivity index (χ2v) is 7.10. The summed E-state index contributed by atoms with van der Waals surface area (Å²) in [5, 5.41) is 2.01. The molecule has 2 atom stereocenters. The molecule has 0 aromatic heterocycles. The number of likely N-dealkylation sites (tertiary alicyclic amines) is 1.